The van der Waals surface area contributed by atoms with Crippen molar-refractivity contribution in [1.29, 1.82) is 0 Å². The lowest BCUT2D eigenvalue weighted by atomic mass is 10.1. The zero-order chi connectivity index (χ0) is 19.8. The first kappa shape index (κ1) is 18.7. The van der Waals surface area contributed by atoms with Crippen LogP contribution in [0.1, 0.15) is 36.9 Å². The molecular formula is C22H23N3O2S. The predicted molar refractivity (Wildman–Crippen MR) is 114 cm³/mol. The van der Waals surface area contributed by atoms with E-state index in [4.69, 9.17) is 4.98 Å². The van der Waals surface area contributed by atoms with Gasteiger partial charge in [0.25, 0.3) is 5.56 Å². The molecule has 6 heteroatoms. The Hall–Kier alpha value is -2.60. The quantitative estimate of drug-likeness (QED) is 0.513. The van der Waals surface area contributed by atoms with Crippen LogP contribution in [0.4, 0.5) is 5.69 Å². The first-order valence-electron chi connectivity index (χ1n) is 9.50. The van der Waals surface area contributed by atoms with Gasteiger partial charge in [-0.2, -0.15) is 0 Å². The Balaban J connectivity index is 1.62. The number of hydrogen-bond acceptors (Lipinski definition) is 4. The van der Waals surface area contributed by atoms with E-state index in [-0.39, 0.29) is 22.8 Å². The number of aromatic nitrogens is 2. The van der Waals surface area contributed by atoms with Gasteiger partial charge >= 0.3 is 0 Å². The summed E-state index contributed by atoms with van der Waals surface area (Å²) in [5.41, 5.74) is 3.60. The normalized spacial score (nSPS) is 14.8. The van der Waals surface area contributed by atoms with Crippen LogP contribution < -0.4 is 10.9 Å². The Morgan fingerprint density at radius 2 is 1.96 bits per heavy atom. The Morgan fingerprint density at radius 3 is 2.71 bits per heavy atom. The first-order chi connectivity index (χ1) is 13.4. The average Bonchev–Trinajstić information content (AvgIpc) is 3.50. The van der Waals surface area contributed by atoms with Crippen molar-refractivity contribution in [1.82, 2.24) is 9.55 Å². The molecule has 2 aromatic carbocycles. The second kappa shape index (κ2) is 7.43. The van der Waals surface area contributed by atoms with Gasteiger partial charge in [0.2, 0.25) is 5.91 Å². The smallest absolute Gasteiger partial charge is 0.262 e. The molecule has 1 aromatic heterocycles. The van der Waals surface area contributed by atoms with E-state index in [1.807, 2.05) is 63.2 Å². The van der Waals surface area contributed by atoms with Crippen LogP contribution >= 0.6 is 11.8 Å². The van der Waals surface area contributed by atoms with Crippen LogP contribution in [0.2, 0.25) is 0 Å². The number of amides is 1. The molecule has 4 rings (SSSR count). The highest BCUT2D eigenvalue weighted by molar-refractivity contribution is 8.00. The third kappa shape index (κ3) is 3.69. The molecule has 1 aliphatic rings. The maximum Gasteiger partial charge on any atom is 0.262 e. The Morgan fingerprint density at radius 1 is 1.21 bits per heavy atom. The van der Waals surface area contributed by atoms with E-state index in [2.05, 4.69) is 5.32 Å². The summed E-state index contributed by atoms with van der Waals surface area (Å²) in [6.45, 7) is 5.83. The molecule has 0 radical (unpaired) electrons. The Bertz CT molecular complexity index is 1120. The number of benzene rings is 2. The van der Waals surface area contributed by atoms with Crippen LogP contribution in [0, 0.1) is 13.8 Å². The van der Waals surface area contributed by atoms with Gasteiger partial charge < -0.3 is 5.32 Å². The molecule has 1 N–H and O–H groups in total. The third-order valence-electron chi connectivity index (χ3n) is 4.99. The van der Waals surface area contributed by atoms with Crippen molar-refractivity contribution in [3.8, 4) is 0 Å². The van der Waals surface area contributed by atoms with Gasteiger partial charge in [-0.25, -0.2) is 4.98 Å². The number of rotatable bonds is 5. The van der Waals surface area contributed by atoms with E-state index in [1.54, 1.807) is 4.57 Å². The Labute approximate surface area is 168 Å². The molecule has 0 spiro atoms. The van der Waals surface area contributed by atoms with Crippen LogP contribution in [0.5, 0.6) is 0 Å². The number of carbonyl (C=O) groups excluding carboxylic acids is 1. The molecule has 1 saturated carbocycles. The largest absolute Gasteiger partial charge is 0.325 e. The summed E-state index contributed by atoms with van der Waals surface area (Å²) >= 11 is 1.34. The molecule has 144 valence electrons. The van der Waals surface area contributed by atoms with Crippen LogP contribution in [0.25, 0.3) is 10.9 Å². The molecule has 1 amide bonds. The van der Waals surface area contributed by atoms with E-state index >= 15 is 0 Å². The number of thioether (sulfide) groups is 1. The van der Waals surface area contributed by atoms with E-state index in [0.29, 0.717) is 16.1 Å². The molecule has 0 unspecified atom stereocenters. The van der Waals surface area contributed by atoms with Crippen molar-refractivity contribution in [3.05, 3.63) is 63.9 Å². The topological polar surface area (TPSA) is 64.0 Å². The number of anilines is 1. The van der Waals surface area contributed by atoms with E-state index in [1.165, 1.54) is 11.8 Å². The third-order valence-corrected chi connectivity index (χ3v) is 6.06. The van der Waals surface area contributed by atoms with Gasteiger partial charge in [0.1, 0.15) is 0 Å². The highest BCUT2D eigenvalue weighted by Crippen LogP contribution is 2.37. The standard InChI is InChI=1S/C22H23N3O2S/c1-13-8-9-14(2)19(12-13)23-20(26)15(3)28-22-24-18-7-5-4-6-17(18)21(27)25(22)16-10-11-16/h4-9,12,15-16H,10-11H2,1-3H3,(H,23,26)/t15-/m1/s1. The number of hydrogen-bond donors (Lipinski definition) is 1. The van der Waals surface area contributed by atoms with Crippen molar-refractivity contribution >= 4 is 34.3 Å². The minimum Gasteiger partial charge on any atom is -0.325 e. The highest BCUT2D eigenvalue weighted by atomic mass is 32.2. The lowest BCUT2D eigenvalue weighted by Gasteiger charge is -2.17. The van der Waals surface area contributed by atoms with Crippen LogP contribution in [0.3, 0.4) is 0 Å². The maximum absolute atomic E-state index is 13.0. The molecule has 1 fully saturated rings. The summed E-state index contributed by atoms with van der Waals surface area (Å²) in [5.74, 6) is -0.0940. The van der Waals surface area contributed by atoms with E-state index in [9.17, 15) is 9.59 Å². The number of nitrogens with zero attached hydrogens (tertiary/aromatic N) is 2. The summed E-state index contributed by atoms with van der Waals surface area (Å²) in [4.78, 5) is 30.4. The van der Waals surface area contributed by atoms with Crippen molar-refractivity contribution in [2.75, 3.05) is 5.32 Å². The van der Waals surface area contributed by atoms with E-state index < -0.39 is 0 Å². The van der Waals surface area contributed by atoms with Crippen LogP contribution in [-0.4, -0.2) is 20.7 Å². The minimum absolute atomic E-state index is 0.0160. The molecule has 28 heavy (non-hydrogen) atoms. The average molecular weight is 394 g/mol. The number of aryl methyl sites for hydroxylation is 2. The summed E-state index contributed by atoms with van der Waals surface area (Å²) in [5, 5.41) is 3.89. The summed E-state index contributed by atoms with van der Waals surface area (Å²) < 4.78 is 1.77. The Kier molecular flexibility index (Phi) is 4.98. The number of nitrogens with one attached hydrogen (secondary N) is 1. The van der Waals surface area contributed by atoms with Crippen LogP contribution in [0.15, 0.2) is 52.4 Å². The number of fused-ring (bicyclic) bond motifs is 1. The second-order valence-corrected chi connectivity index (χ2v) is 8.69. The van der Waals surface area contributed by atoms with E-state index in [0.717, 1.165) is 29.7 Å². The molecule has 5 nitrogen and oxygen atoms in total. The summed E-state index contributed by atoms with van der Waals surface area (Å²) in [6, 6.07) is 13.6. The molecule has 1 heterocycles. The van der Waals surface area contributed by atoms with Gasteiger partial charge in [0.05, 0.1) is 16.2 Å². The fraction of sp³-hybridized carbons (Fsp3) is 0.318. The second-order valence-electron chi connectivity index (χ2n) is 7.39. The zero-order valence-corrected chi connectivity index (χ0v) is 17.0. The predicted octanol–water partition coefficient (Wildman–Crippen LogP) is 4.47. The lowest BCUT2D eigenvalue weighted by molar-refractivity contribution is -0.115. The maximum atomic E-state index is 13.0. The monoisotopic (exact) mass is 393 g/mol. The van der Waals surface area contributed by atoms with Crippen molar-refractivity contribution in [2.45, 2.75) is 50.1 Å². The summed E-state index contributed by atoms with van der Waals surface area (Å²) in [6.07, 6.45) is 1.97. The van der Waals surface area contributed by atoms with Gasteiger partial charge in [-0.1, -0.05) is 36.0 Å². The molecule has 1 atom stereocenters. The fourth-order valence-corrected chi connectivity index (χ4v) is 4.16. The van der Waals surface area contributed by atoms with Gasteiger partial charge in [0.15, 0.2) is 5.16 Å². The molecule has 0 aliphatic heterocycles. The van der Waals surface area contributed by atoms with Gasteiger partial charge in [-0.3, -0.25) is 14.2 Å². The minimum atomic E-state index is -0.377. The molecule has 0 bridgehead atoms. The molecule has 0 saturated heterocycles. The molecule has 1 aliphatic carbocycles. The first-order valence-corrected chi connectivity index (χ1v) is 10.4. The number of carbonyl (C=O) groups is 1. The highest BCUT2D eigenvalue weighted by Gasteiger charge is 2.30. The number of para-hydroxylation sites is 1. The molecular weight excluding hydrogens is 370 g/mol. The van der Waals surface area contributed by atoms with Crippen molar-refractivity contribution in [3.63, 3.8) is 0 Å². The SMILES string of the molecule is Cc1ccc(C)c(NC(=O)[C@@H](C)Sc2nc3ccccc3c(=O)n2C2CC2)c1. The van der Waals surface area contributed by atoms with Crippen LogP contribution in [-0.2, 0) is 4.79 Å². The van der Waals surface area contributed by atoms with Crippen molar-refractivity contribution in [2.24, 2.45) is 0 Å². The lowest BCUT2D eigenvalue weighted by Crippen LogP contribution is -2.26. The summed E-state index contributed by atoms with van der Waals surface area (Å²) in [7, 11) is 0. The van der Waals surface area contributed by atoms with Gasteiger partial charge in [-0.15, -0.1) is 0 Å². The zero-order valence-electron chi connectivity index (χ0n) is 16.2. The van der Waals surface area contributed by atoms with Gasteiger partial charge in [0, 0.05) is 11.7 Å². The van der Waals surface area contributed by atoms with Gasteiger partial charge in [-0.05, 0) is 62.9 Å². The van der Waals surface area contributed by atoms with Crippen molar-refractivity contribution < 1.29 is 4.79 Å². The fourth-order valence-electron chi connectivity index (χ4n) is 3.18. The molecule has 3 aromatic rings.